The SMILES string of the molecule is CCOC(O)[C@H](N)Cc1ccccc1. The van der Waals surface area contributed by atoms with Gasteiger partial charge in [-0.25, -0.2) is 0 Å². The Hall–Kier alpha value is -0.900. The lowest BCUT2D eigenvalue weighted by Crippen LogP contribution is -2.38. The lowest BCUT2D eigenvalue weighted by molar-refractivity contribution is -0.108. The predicted octanol–water partition coefficient (Wildman–Crippen LogP) is 0.911. The normalized spacial score (nSPS) is 15.1. The van der Waals surface area contributed by atoms with Gasteiger partial charge >= 0.3 is 0 Å². The molecule has 78 valence electrons. The Balaban J connectivity index is 2.44. The topological polar surface area (TPSA) is 55.5 Å². The van der Waals surface area contributed by atoms with Gasteiger partial charge in [0.2, 0.25) is 0 Å². The fraction of sp³-hybridized carbons (Fsp3) is 0.455. The highest BCUT2D eigenvalue weighted by atomic mass is 16.6. The average Bonchev–Trinajstić information content (AvgIpc) is 2.19. The number of benzene rings is 1. The average molecular weight is 195 g/mol. The van der Waals surface area contributed by atoms with Crippen molar-refractivity contribution in [1.29, 1.82) is 0 Å². The van der Waals surface area contributed by atoms with Crippen LogP contribution in [-0.4, -0.2) is 24.0 Å². The van der Waals surface area contributed by atoms with Crippen molar-refractivity contribution in [2.75, 3.05) is 6.61 Å². The maximum absolute atomic E-state index is 9.43. The molecule has 1 aromatic carbocycles. The second kappa shape index (κ2) is 5.75. The number of hydrogen-bond donors (Lipinski definition) is 2. The van der Waals surface area contributed by atoms with Gasteiger partial charge in [0.15, 0.2) is 6.29 Å². The van der Waals surface area contributed by atoms with Crippen LogP contribution in [0.15, 0.2) is 30.3 Å². The van der Waals surface area contributed by atoms with Crippen LogP contribution in [-0.2, 0) is 11.2 Å². The van der Waals surface area contributed by atoms with Crippen molar-refractivity contribution in [3.05, 3.63) is 35.9 Å². The lowest BCUT2D eigenvalue weighted by atomic mass is 10.1. The zero-order valence-electron chi connectivity index (χ0n) is 8.39. The molecular weight excluding hydrogens is 178 g/mol. The first-order valence-corrected chi connectivity index (χ1v) is 4.83. The first kappa shape index (κ1) is 11.2. The van der Waals surface area contributed by atoms with Crippen molar-refractivity contribution in [2.45, 2.75) is 25.7 Å². The molecule has 0 aliphatic rings. The van der Waals surface area contributed by atoms with Crippen LogP contribution in [0.2, 0.25) is 0 Å². The Bertz CT molecular complexity index is 251. The van der Waals surface area contributed by atoms with E-state index in [4.69, 9.17) is 10.5 Å². The Morgan fingerprint density at radius 1 is 1.36 bits per heavy atom. The maximum Gasteiger partial charge on any atom is 0.170 e. The molecular formula is C11H17NO2. The first-order valence-electron chi connectivity index (χ1n) is 4.83. The summed E-state index contributed by atoms with van der Waals surface area (Å²) in [6, 6.07) is 9.47. The minimum Gasteiger partial charge on any atom is -0.367 e. The van der Waals surface area contributed by atoms with Crippen molar-refractivity contribution in [3.63, 3.8) is 0 Å². The molecule has 0 aliphatic carbocycles. The van der Waals surface area contributed by atoms with E-state index in [2.05, 4.69) is 0 Å². The summed E-state index contributed by atoms with van der Waals surface area (Å²) in [7, 11) is 0. The van der Waals surface area contributed by atoms with E-state index in [0.29, 0.717) is 13.0 Å². The van der Waals surface area contributed by atoms with Crippen LogP contribution in [0.1, 0.15) is 12.5 Å². The van der Waals surface area contributed by atoms with Crippen LogP contribution < -0.4 is 5.73 Å². The van der Waals surface area contributed by atoms with E-state index < -0.39 is 6.29 Å². The van der Waals surface area contributed by atoms with Gasteiger partial charge in [0.25, 0.3) is 0 Å². The summed E-state index contributed by atoms with van der Waals surface area (Å²) < 4.78 is 5.01. The van der Waals surface area contributed by atoms with E-state index in [-0.39, 0.29) is 6.04 Å². The molecule has 1 rings (SSSR count). The fourth-order valence-electron chi connectivity index (χ4n) is 1.28. The number of aliphatic hydroxyl groups excluding tert-OH is 1. The summed E-state index contributed by atoms with van der Waals surface area (Å²) in [5, 5.41) is 9.43. The Labute approximate surface area is 84.5 Å². The van der Waals surface area contributed by atoms with E-state index in [1.54, 1.807) is 0 Å². The fourth-order valence-corrected chi connectivity index (χ4v) is 1.28. The largest absolute Gasteiger partial charge is 0.367 e. The van der Waals surface area contributed by atoms with Crippen LogP contribution >= 0.6 is 0 Å². The zero-order valence-corrected chi connectivity index (χ0v) is 8.39. The van der Waals surface area contributed by atoms with Gasteiger partial charge in [-0.15, -0.1) is 0 Å². The van der Waals surface area contributed by atoms with Gasteiger partial charge in [-0.3, -0.25) is 0 Å². The number of nitrogens with two attached hydrogens (primary N) is 1. The van der Waals surface area contributed by atoms with Crippen molar-refractivity contribution < 1.29 is 9.84 Å². The summed E-state index contributed by atoms with van der Waals surface area (Å²) in [5.74, 6) is 0. The highest BCUT2D eigenvalue weighted by Crippen LogP contribution is 2.05. The molecule has 0 fully saturated rings. The van der Waals surface area contributed by atoms with Crippen LogP contribution in [0.25, 0.3) is 0 Å². The number of hydrogen-bond acceptors (Lipinski definition) is 3. The summed E-state index contributed by atoms with van der Waals surface area (Å²) in [4.78, 5) is 0. The van der Waals surface area contributed by atoms with Gasteiger partial charge in [-0.2, -0.15) is 0 Å². The molecule has 3 N–H and O–H groups in total. The molecule has 1 aromatic rings. The quantitative estimate of drug-likeness (QED) is 0.687. The van der Waals surface area contributed by atoms with E-state index in [0.717, 1.165) is 5.56 Å². The van der Waals surface area contributed by atoms with E-state index in [1.165, 1.54) is 0 Å². The van der Waals surface area contributed by atoms with Crippen molar-refractivity contribution in [1.82, 2.24) is 0 Å². The highest BCUT2D eigenvalue weighted by Gasteiger charge is 2.14. The molecule has 3 heteroatoms. The van der Waals surface area contributed by atoms with Gasteiger partial charge in [-0.05, 0) is 18.9 Å². The van der Waals surface area contributed by atoms with Gasteiger partial charge in [0.05, 0.1) is 6.04 Å². The third-order valence-electron chi connectivity index (χ3n) is 2.02. The smallest absolute Gasteiger partial charge is 0.170 e. The van der Waals surface area contributed by atoms with Gasteiger partial charge in [0, 0.05) is 6.61 Å². The van der Waals surface area contributed by atoms with Gasteiger partial charge in [-0.1, -0.05) is 30.3 Å². The molecule has 0 aromatic heterocycles. The zero-order chi connectivity index (χ0) is 10.4. The number of rotatable bonds is 5. The second-order valence-corrected chi connectivity index (χ2v) is 3.20. The third kappa shape index (κ3) is 3.46. The molecule has 0 bridgehead atoms. The molecule has 0 amide bonds. The van der Waals surface area contributed by atoms with Crippen LogP contribution in [0.5, 0.6) is 0 Å². The van der Waals surface area contributed by atoms with E-state index >= 15 is 0 Å². The Kier molecular flexibility index (Phi) is 4.59. The molecule has 0 saturated carbocycles. The maximum atomic E-state index is 9.43. The lowest BCUT2D eigenvalue weighted by Gasteiger charge is -2.18. The summed E-state index contributed by atoms with van der Waals surface area (Å²) in [5.41, 5.74) is 6.87. The van der Waals surface area contributed by atoms with Crippen molar-refractivity contribution in [2.24, 2.45) is 5.73 Å². The summed E-state index contributed by atoms with van der Waals surface area (Å²) in [6.45, 7) is 2.31. The standard InChI is InChI=1S/C11H17NO2/c1-2-14-11(13)10(12)8-9-6-4-3-5-7-9/h3-7,10-11,13H,2,8,12H2,1H3/t10-,11?/m1/s1. The monoisotopic (exact) mass is 195 g/mol. The van der Waals surface area contributed by atoms with Crippen molar-refractivity contribution >= 4 is 0 Å². The highest BCUT2D eigenvalue weighted by molar-refractivity contribution is 5.15. The summed E-state index contributed by atoms with van der Waals surface area (Å²) in [6.07, 6.45) is -0.248. The second-order valence-electron chi connectivity index (χ2n) is 3.20. The minimum atomic E-state index is -0.875. The molecule has 0 aliphatic heterocycles. The molecule has 0 heterocycles. The molecule has 1 unspecified atom stereocenters. The number of aliphatic hydroxyl groups is 1. The third-order valence-corrected chi connectivity index (χ3v) is 2.02. The Morgan fingerprint density at radius 3 is 2.57 bits per heavy atom. The molecule has 2 atom stereocenters. The van der Waals surface area contributed by atoms with Crippen LogP contribution in [0.4, 0.5) is 0 Å². The predicted molar refractivity (Wildman–Crippen MR) is 55.8 cm³/mol. The van der Waals surface area contributed by atoms with E-state index in [9.17, 15) is 5.11 Å². The van der Waals surface area contributed by atoms with Crippen LogP contribution in [0, 0.1) is 0 Å². The van der Waals surface area contributed by atoms with Gasteiger partial charge < -0.3 is 15.6 Å². The number of ether oxygens (including phenoxy) is 1. The van der Waals surface area contributed by atoms with Crippen LogP contribution in [0.3, 0.4) is 0 Å². The molecule has 0 spiro atoms. The summed E-state index contributed by atoms with van der Waals surface area (Å²) >= 11 is 0. The Morgan fingerprint density at radius 2 is 2.00 bits per heavy atom. The van der Waals surface area contributed by atoms with Crippen molar-refractivity contribution in [3.8, 4) is 0 Å². The van der Waals surface area contributed by atoms with E-state index in [1.807, 2.05) is 37.3 Å². The first-order chi connectivity index (χ1) is 6.74. The molecule has 0 radical (unpaired) electrons. The minimum absolute atomic E-state index is 0.364. The molecule has 0 saturated heterocycles. The molecule has 14 heavy (non-hydrogen) atoms. The molecule has 3 nitrogen and oxygen atoms in total. The van der Waals surface area contributed by atoms with Gasteiger partial charge in [0.1, 0.15) is 0 Å².